The molecule has 0 fully saturated rings. The van der Waals surface area contributed by atoms with Gasteiger partial charge in [0, 0.05) is 17.8 Å². The highest BCUT2D eigenvalue weighted by molar-refractivity contribution is 7.07. The van der Waals surface area contributed by atoms with E-state index in [0.29, 0.717) is 11.4 Å². The largest absolute Gasteiger partial charge is 0.464 e. The Hall–Kier alpha value is -1.95. The summed E-state index contributed by atoms with van der Waals surface area (Å²) in [6.07, 6.45) is 3.59. The molecule has 2 aromatic heterocycles. The molecule has 88 valence electrons. The molecule has 0 aliphatic heterocycles. The van der Waals surface area contributed by atoms with Crippen LogP contribution in [-0.4, -0.2) is 22.2 Å². The van der Waals surface area contributed by atoms with Gasteiger partial charge in [0.2, 0.25) is 0 Å². The van der Waals surface area contributed by atoms with Gasteiger partial charge in [-0.2, -0.15) is 4.99 Å². The van der Waals surface area contributed by atoms with E-state index in [4.69, 9.17) is 10.1 Å². The number of pyridine rings is 1. The first-order chi connectivity index (χ1) is 8.31. The molecule has 0 saturated heterocycles. The monoisotopic (exact) mass is 248 g/mol. The fourth-order valence-corrected chi connectivity index (χ4v) is 1.99. The molecule has 0 saturated carbocycles. The smallest absolute Gasteiger partial charge is 0.311 e. The second-order valence-corrected chi connectivity index (χ2v) is 3.97. The minimum absolute atomic E-state index is 0.0837. The van der Waals surface area contributed by atoms with Crippen LogP contribution in [0.3, 0.4) is 0 Å². The standard InChI is InChI=1S/C11H12N4OS/c1-2-16-10(12)14-11-15(7-8-17-11)9-5-3-4-6-13-9/h3-8,12H,2H2,1H3. The Morgan fingerprint density at radius 1 is 1.59 bits per heavy atom. The van der Waals surface area contributed by atoms with E-state index in [1.807, 2.05) is 41.3 Å². The summed E-state index contributed by atoms with van der Waals surface area (Å²) in [5.41, 5.74) is 0. The van der Waals surface area contributed by atoms with Gasteiger partial charge in [-0.3, -0.25) is 4.57 Å². The lowest BCUT2D eigenvalue weighted by molar-refractivity contribution is 0.318. The first-order valence-corrected chi connectivity index (χ1v) is 6.03. The molecule has 17 heavy (non-hydrogen) atoms. The van der Waals surface area contributed by atoms with Gasteiger partial charge >= 0.3 is 6.02 Å². The van der Waals surface area contributed by atoms with Gasteiger partial charge in [0.1, 0.15) is 5.82 Å². The third-order valence-electron chi connectivity index (χ3n) is 1.96. The highest BCUT2D eigenvalue weighted by atomic mass is 32.1. The highest BCUT2D eigenvalue weighted by Gasteiger charge is 2.00. The maximum Gasteiger partial charge on any atom is 0.311 e. The van der Waals surface area contributed by atoms with Crippen LogP contribution in [0.2, 0.25) is 0 Å². The lowest BCUT2D eigenvalue weighted by Crippen LogP contribution is -2.16. The van der Waals surface area contributed by atoms with Crippen molar-refractivity contribution < 1.29 is 4.74 Å². The van der Waals surface area contributed by atoms with Crippen LogP contribution in [0.15, 0.2) is 41.0 Å². The molecular formula is C11H12N4OS. The average Bonchev–Trinajstić information content (AvgIpc) is 2.78. The molecule has 0 unspecified atom stereocenters. The normalized spacial score (nSPS) is 11.5. The van der Waals surface area contributed by atoms with Crippen LogP contribution in [0.25, 0.3) is 5.82 Å². The summed E-state index contributed by atoms with van der Waals surface area (Å²) in [7, 11) is 0. The minimum atomic E-state index is -0.0837. The number of nitrogens with one attached hydrogen (secondary N) is 1. The van der Waals surface area contributed by atoms with E-state index in [1.165, 1.54) is 11.3 Å². The van der Waals surface area contributed by atoms with Crippen molar-refractivity contribution in [3.8, 4) is 5.82 Å². The van der Waals surface area contributed by atoms with Gasteiger partial charge in [0.25, 0.3) is 0 Å². The SMILES string of the molecule is CCOC(=N)N=c1sccn1-c1ccccn1. The molecule has 0 amide bonds. The molecule has 0 aliphatic rings. The molecule has 5 nitrogen and oxygen atoms in total. The third kappa shape index (κ3) is 2.79. The quantitative estimate of drug-likeness (QED) is 0.650. The van der Waals surface area contributed by atoms with Crippen LogP contribution in [0.1, 0.15) is 6.92 Å². The zero-order chi connectivity index (χ0) is 12.1. The van der Waals surface area contributed by atoms with Crippen molar-refractivity contribution in [2.75, 3.05) is 6.61 Å². The number of aromatic nitrogens is 2. The Morgan fingerprint density at radius 3 is 3.18 bits per heavy atom. The van der Waals surface area contributed by atoms with Gasteiger partial charge in [0.15, 0.2) is 4.80 Å². The van der Waals surface area contributed by atoms with Crippen molar-refractivity contribution in [1.29, 1.82) is 5.41 Å². The first-order valence-electron chi connectivity index (χ1n) is 5.15. The number of amidine groups is 1. The van der Waals surface area contributed by atoms with E-state index in [1.54, 1.807) is 6.20 Å². The van der Waals surface area contributed by atoms with Crippen LogP contribution in [-0.2, 0) is 4.74 Å². The maximum atomic E-state index is 7.51. The Bertz CT molecular complexity index is 558. The maximum absolute atomic E-state index is 7.51. The van der Waals surface area contributed by atoms with Gasteiger partial charge < -0.3 is 4.74 Å². The summed E-state index contributed by atoms with van der Waals surface area (Å²) in [6.45, 7) is 2.27. The molecule has 2 rings (SSSR count). The molecule has 0 spiro atoms. The first kappa shape index (κ1) is 11.5. The summed E-state index contributed by atoms with van der Waals surface area (Å²) < 4.78 is 6.81. The molecule has 1 N–H and O–H groups in total. The number of ether oxygens (including phenoxy) is 1. The van der Waals surface area contributed by atoms with Crippen LogP contribution in [0.4, 0.5) is 0 Å². The Balaban J connectivity index is 2.39. The van der Waals surface area contributed by atoms with Crippen molar-refractivity contribution in [3.05, 3.63) is 40.8 Å². The summed E-state index contributed by atoms with van der Waals surface area (Å²) in [4.78, 5) is 8.99. The van der Waals surface area contributed by atoms with Gasteiger partial charge in [-0.1, -0.05) is 6.07 Å². The van der Waals surface area contributed by atoms with Gasteiger partial charge in [-0.15, -0.1) is 11.3 Å². The number of hydrogen-bond donors (Lipinski definition) is 1. The molecule has 0 bridgehead atoms. The molecule has 0 atom stereocenters. The fourth-order valence-electron chi connectivity index (χ4n) is 1.28. The zero-order valence-electron chi connectivity index (χ0n) is 9.33. The Kier molecular flexibility index (Phi) is 3.66. The number of hydrogen-bond acceptors (Lipinski definition) is 4. The zero-order valence-corrected chi connectivity index (χ0v) is 10.1. The van der Waals surface area contributed by atoms with E-state index < -0.39 is 0 Å². The molecule has 0 radical (unpaired) electrons. The van der Waals surface area contributed by atoms with E-state index in [-0.39, 0.29) is 6.02 Å². The minimum Gasteiger partial charge on any atom is -0.464 e. The van der Waals surface area contributed by atoms with E-state index in [9.17, 15) is 0 Å². The lowest BCUT2D eigenvalue weighted by Gasteiger charge is -2.01. The lowest BCUT2D eigenvalue weighted by atomic mass is 10.5. The van der Waals surface area contributed by atoms with Crippen LogP contribution in [0.5, 0.6) is 0 Å². The molecule has 0 aliphatic carbocycles. The highest BCUT2D eigenvalue weighted by Crippen LogP contribution is 2.01. The Morgan fingerprint density at radius 2 is 2.47 bits per heavy atom. The van der Waals surface area contributed by atoms with Crippen LogP contribution in [0, 0.1) is 5.41 Å². The van der Waals surface area contributed by atoms with Crippen molar-refractivity contribution in [2.45, 2.75) is 6.92 Å². The Labute approximate surface area is 103 Å². The van der Waals surface area contributed by atoms with Gasteiger partial charge in [0.05, 0.1) is 6.61 Å². The molecule has 0 aromatic carbocycles. The van der Waals surface area contributed by atoms with Crippen molar-refractivity contribution in [2.24, 2.45) is 4.99 Å². The number of nitrogens with zero attached hydrogens (tertiary/aromatic N) is 3. The summed E-state index contributed by atoms with van der Waals surface area (Å²) >= 11 is 1.43. The molecule has 2 aromatic rings. The summed E-state index contributed by atoms with van der Waals surface area (Å²) in [6, 6.07) is 5.57. The summed E-state index contributed by atoms with van der Waals surface area (Å²) in [5, 5.41) is 9.40. The van der Waals surface area contributed by atoms with E-state index in [2.05, 4.69) is 9.98 Å². The molecule has 2 heterocycles. The van der Waals surface area contributed by atoms with E-state index in [0.717, 1.165) is 5.82 Å². The van der Waals surface area contributed by atoms with Gasteiger partial charge in [-0.25, -0.2) is 10.4 Å². The van der Waals surface area contributed by atoms with Crippen LogP contribution >= 0.6 is 11.3 Å². The second kappa shape index (κ2) is 5.40. The number of thiazole rings is 1. The van der Waals surface area contributed by atoms with E-state index >= 15 is 0 Å². The van der Waals surface area contributed by atoms with Crippen molar-refractivity contribution in [1.82, 2.24) is 9.55 Å². The topological polar surface area (TPSA) is 63.3 Å². The third-order valence-corrected chi connectivity index (χ3v) is 2.72. The second-order valence-electron chi connectivity index (χ2n) is 3.09. The predicted octanol–water partition coefficient (Wildman–Crippen LogP) is 1.81. The number of rotatable bonds is 2. The van der Waals surface area contributed by atoms with Crippen LogP contribution < -0.4 is 4.80 Å². The fraction of sp³-hybridized carbons (Fsp3) is 0.182. The summed E-state index contributed by atoms with van der Waals surface area (Å²) in [5.74, 6) is 0.775. The predicted molar refractivity (Wildman–Crippen MR) is 66.4 cm³/mol. The average molecular weight is 248 g/mol. The van der Waals surface area contributed by atoms with Crippen molar-refractivity contribution >= 4 is 17.4 Å². The van der Waals surface area contributed by atoms with Gasteiger partial charge in [-0.05, 0) is 19.1 Å². The molecular weight excluding hydrogens is 236 g/mol. The van der Waals surface area contributed by atoms with Crippen molar-refractivity contribution in [3.63, 3.8) is 0 Å². The molecule has 6 heteroatoms.